The van der Waals surface area contributed by atoms with Crippen molar-refractivity contribution in [1.82, 2.24) is 0 Å². The topological polar surface area (TPSA) is 38.7 Å². The summed E-state index contributed by atoms with van der Waals surface area (Å²) in [5.41, 5.74) is 0. The van der Waals surface area contributed by atoms with Gasteiger partial charge in [0.2, 0.25) is 6.08 Å². The maximum Gasteiger partial charge on any atom is 0.235 e. The summed E-state index contributed by atoms with van der Waals surface area (Å²) in [4.78, 5) is 13.0. The van der Waals surface area contributed by atoms with E-state index in [1.807, 2.05) is 0 Å². The highest BCUT2D eigenvalue weighted by atomic mass is 16.5. The van der Waals surface area contributed by atoms with Crippen LogP contribution in [-0.4, -0.2) is 19.2 Å². The van der Waals surface area contributed by atoms with Crippen LogP contribution in [-0.2, 0) is 9.53 Å². The van der Waals surface area contributed by atoms with Crippen molar-refractivity contribution >= 4 is 6.08 Å². The van der Waals surface area contributed by atoms with Crippen LogP contribution in [0.1, 0.15) is 12.8 Å². The van der Waals surface area contributed by atoms with Crippen molar-refractivity contribution in [1.29, 1.82) is 0 Å². The first kappa shape index (κ1) is 6.46. The Morgan fingerprint density at radius 2 is 2.67 bits per heavy atom. The second kappa shape index (κ2) is 3.38. The van der Waals surface area contributed by atoms with E-state index in [1.54, 1.807) is 0 Å². The minimum absolute atomic E-state index is 0.406. The third-order valence-electron chi connectivity index (χ3n) is 1.23. The summed E-state index contributed by atoms with van der Waals surface area (Å²) in [5, 5.41) is 0. The Kier molecular flexibility index (Phi) is 2.43. The van der Waals surface area contributed by atoms with E-state index in [0.29, 0.717) is 6.54 Å². The molecule has 0 aromatic heterocycles. The van der Waals surface area contributed by atoms with Gasteiger partial charge in [-0.3, -0.25) is 0 Å². The van der Waals surface area contributed by atoms with E-state index in [2.05, 4.69) is 4.99 Å². The van der Waals surface area contributed by atoms with E-state index in [0.717, 1.165) is 25.6 Å². The number of ether oxygens (including phenoxy) is 1. The number of carbonyl (C=O) groups excluding carboxylic acids is 1. The Hall–Kier alpha value is -0.660. The number of rotatable bonds is 2. The zero-order chi connectivity index (χ0) is 6.53. The van der Waals surface area contributed by atoms with E-state index < -0.39 is 0 Å². The fourth-order valence-electron chi connectivity index (χ4n) is 0.803. The molecule has 0 aliphatic carbocycles. The Morgan fingerprint density at radius 1 is 1.78 bits per heavy atom. The van der Waals surface area contributed by atoms with Crippen molar-refractivity contribution in [2.24, 2.45) is 4.99 Å². The van der Waals surface area contributed by atoms with Gasteiger partial charge in [0, 0.05) is 6.61 Å². The quantitative estimate of drug-likeness (QED) is 0.403. The molecule has 1 saturated heterocycles. The molecule has 49 valence electrons. The maximum absolute atomic E-state index is 9.60. The van der Waals surface area contributed by atoms with E-state index >= 15 is 0 Å². The molecular weight excluding hydrogens is 118 g/mol. The van der Waals surface area contributed by atoms with Crippen molar-refractivity contribution in [3.8, 4) is 0 Å². The monoisotopic (exact) mass is 126 g/mol. The molecule has 0 amide bonds. The zero-order valence-corrected chi connectivity index (χ0v) is 5.09. The van der Waals surface area contributed by atoms with Crippen LogP contribution in [0.25, 0.3) is 0 Å². The first-order valence-corrected chi connectivity index (χ1v) is 2.94. The lowest BCUT2D eigenvalue weighted by Crippen LogP contribution is -1.97. The molecule has 3 nitrogen and oxygen atoms in total. The van der Waals surface area contributed by atoms with Crippen LogP contribution in [0.4, 0.5) is 0 Å². The van der Waals surface area contributed by atoms with Gasteiger partial charge in [0.15, 0.2) is 0 Å². The lowest BCUT2D eigenvalue weighted by molar-refractivity contribution is 0.199. The van der Waals surface area contributed by atoms with Crippen molar-refractivity contribution in [3.63, 3.8) is 0 Å². The summed E-state index contributed by atoms with van der Waals surface area (Å²) in [7, 11) is 0. The molecule has 0 N–H and O–H groups in total. The average Bonchev–Trinajstić information content (AvgIpc) is 2.34. The third-order valence-corrected chi connectivity index (χ3v) is 1.23. The molecule has 1 fully saturated rings. The molecule has 0 spiro atoms. The highest BCUT2D eigenvalue weighted by Gasteiger charge is 2.15. The van der Waals surface area contributed by atoms with Crippen molar-refractivity contribution in [2.45, 2.75) is 12.8 Å². The summed E-state index contributed by atoms with van der Waals surface area (Å²) in [6, 6.07) is 0. The molecule has 9 heavy (non-hydrogen) atoms. The molecule has 1 heterocycles. The molecule has 3 heteroatoms. The number of nitrogens with zero attached hydrogens (tertiary/aromatic N) is 1. The van der Waals surface area contributed by atoms with Gasteiger partial charge < -0.3 is 4.74 Å². The minimum Gasteiger partial charge on any atom is -0.370 e. The smallest absolute Gasteiger partial charge is 0.235 e. The van der Waals surface area contributed by atoms with Crippen molar-refractivity contribution in [2.75, 3.05) is 13.2 Å². The number of hydrogen-bond acceptors (Lipinski definition) is 3. The Bertz CT molecular complexity index is 123. The summed E-state index contributed by atoms with van der Waals surface area (Å²) < 4.78 is 5.10. The predicted molar refractivity (Wildman–Crippen MR) is 31.4 cm³/mol. The lowest BCUT2D eigenvalue weighted by Gasteiger charge is -1.99. The summed E-state index contributed by atoms with van der Waals surface area (Å²) in [6.07, 6.45) is 4.39. The second-order valence-electron chi connectivity index (χ2n) is 1.90. The first-order chi connectivity index (χ1) is 4.43. The predicted octanol–water partition coefficient (Wildman–Crippen LogP) is 0.665. The van der Waals surface area contributed by atoms with Gasteiger partial charge in [0.05, 0.1) is 6.54 Å². The molecule has 0 aromatic carbocycles. The third kappa shape index (κ3) is 1.96. The van der Waals surface area contributed by atoms with Gasteiger partial charge in [-0.1, -0.05) is 0 Å². The second-order valence-corrected chi connectivity index (χ2v) is 1.90. The fourth-order valence-corrected chi connectivity index (χ4v) is 0.803. The van der Waals surface area contributed by atoms with Crippen LogP contribution in [0.5, 0.6) is 0 Å². The van der Waals surface area contributed by atoms with Crippen molar-refractivity contribution in [3.05, 3.63) is 6.10 Å². The highest BCUT2D eigenvalue weighted by Crippen LogP contribution is 2.18. The Labute approximate surface area is 53.7 Å². The molecule has 1 aliphatic rings. The van der Waals surface area contributed by atoms with Crippen LogP contribution >= 0.6 is 0 Å². The van der Waals surface area contributed by atoms with Crippen molar-refractivity contribution < 1.29 is 9.53 Å². The highest BCUT2D eigenvalue weighted by molar-refractivity contribution is 5.33. The SMILES string of the molecule is O=C=NC[C]1CCCO1. The molecule has 0 saturated carbocycles. The molecule has 0 atom stereocenters. The molecule has 1 aliphatic heterocycles. The average molecular weight is 126 g/mol. The van der Waals surface area contributed by atoms with Gasteiger partial charge in [0.25, 0.3) is 0 Å². The minimum atomic E-state index is 0.406. The molecule has 1 rings (SSSR count). The number of aliphatic imine (C=N–C) groups is 1. The summed E-state index contributed by atoms with van der Waals surface area (Å²) >= 11 is 0. The Balaban J connectivity index is 2.18. The van der Waals surface area contributed by atoms with Gasteiger partial charge in [-0.15, -0.1) is 0 Å². The van der Waals surface area contributed by atoms with Crippen LogP contribution < -0.4 is 0 Å². The van der Waals surface area contributed by atoms with Crippen LogP contribution in [0.2, 0.25) is 0 Å². The van der Waals surface area contributed by atoms with Crippen LogP contribution in [0.3, 0.4) is 0 Å². The Morgan fingerprint density at radius 3 is 3.22 bits per heavy atom. The van der Waals surface area contributed by atoms with E-state index in [1.165, 1.54) is 6.08 Å². The van der Waals surface area contributed by atoms with E-state index in [9.17, 15) is 4.79 Å². The van der Waals surface area contributed by atoms with E-state index in [4.69, 9.17) is 4.74 Å². The first-order valence-electron chi connectivity index (χ1n) is 2.94. The summed E-state index contributed by atoms with van der Waals surface area (Å²) in [6.45, 7) is 1.19. The van der Waals surface area contributed by atoms with Gasteiger partial charge >= 0.3 is 0 Å². The normalized spacial score (nSPS) is 19.6. The molecular formula is C6H8NO2. The van der Waals surface area contributed by atoms with Gasteiger partial charge in [0.1, 0.15) is 6.10 Å². The van der Waals surface area contributed by atoms with Crippen LogP contribution in [0.15, 0.2) is 4.99 Å². The van der Waals surface area contributed by atoms with Gasteiger partial charge in [-0.25, -0.2) is 9.79 Å². The molecule has 0 bridgehead atoms. The lowest BCUT2D eigenvalue weighted by atomic mass is 10.2. The van der Waals surface area contributed by atoms with E-state index in [-0.39, 0.29) is 0 Å². The van der Waals surface area contributed by atoms with Crippen LogP contribution in [0, 0.1) is 6.10 Å². The molecule has 0 aromatic rings. The standard InChI is InChI=1S/C6H8NO2/c8-5-7-4-6-2-1-3-9-6/h1-4H2. The largest absolute Gasteiger partial charge is 0.370 e. The number of isocyanates is 1. The fraction of sp³-hybridized carbons (Fsp3) is 0.667. The van der Waals surface area contributed by atoms with Gasteiger partial charge in [-0.2, -0.15) is 0 Å². The zero-order valence-electron chi connectivity index (χ0n) is 5.09. The molecule has 0 unspecified atom stereocenters. The maximum atomic E-state index is 9.60. The number of hydrogen-bond donors (Lipinski definition) is 0. The summed E-state index contributed by atoms with van der Waals surface area (Å²) in [5.74, 6) is 0. The molecule has 1 radical (unpaired) electrons. The van der Waals surface area contributed by atoms with Gasteiger partial charge in [-0.05, 0) is 12.8 Å².